The molecule has 1 aliphatic heterocycles. The molecule has 1 N–H and O–H groups in total. The molecule has 15 heavy (non-hydrogen) atoms. The molecule has 2 amide bonds. The molecule has 0 saturated carbocycles. The van der Waals surface area contributed by atoms with E-state index in [1.807, 2.05) is 6.07 Å². The molecule has 1 atom stereocenters. The first kappa shape index (κ1) is 9.58. The summed E-state index contributed by atoms with van der Waals surface area (Å²) in [7, 11) is 0. The van der Waals surface area contributed by atoms with E-state index in [1.54, 1.807) is 31.2 Å². The van der Waals surface area contributed by atoms with Crippen LogP contribution in [0.2, 0.25) is 0 Å². The van der Waals surface area contributed by atoms with Crippen LogP contribution in [0.5, 0.6) is 0 Å². The molecule has 4 nitrogen and oxygen atoms in total. The first-order valence-electron chi connectivity index (χ1n) is 4.63. The second kappa shape index (κ2) is 3.65. The fourth-order valence-electron chi connectivity index (χ4n) is 1.56. The minimum Gasteiger partial charge on any atom is -0.313 e. The van der Waals surface area contributed by atoms with Crippen molar-refractivity contribution >= 4 is 17.6 Å². The summed E-state index contributed by atoms with van der Waals surface area (Å²) < 4.78 is 0. The highest BCUT2D eigenvalue weighted by Gasteiger charge is 2.31. The van der Waals surface area contributed by atoms with E-state index in [9.17, 15) is 9.59 Å². The molecule has 76 valence electrons. The van der Waals surface area contributed by atoms with Gasteiger partial charge >= 0.3 is 0 Å². The highest BCUT2D eigenvalue weighted by atomic mass is 16.2. The molecule has 0 spiro atoms. The van der Waals surface area contributed by atoms with Crippen LogP contribution in [0.1, 0.15) is 18.4 Å². The molecule has 0 saturated heterocycles. The fraction of sp³-hybridized carbons (Fsp3) is 0.182. The third-order valence-electron chi connectivity index (χ3n) is 2.22. The van der Waals surface area contributed by atoms with E-state index >= 15 is 0 Å². The Bertz CT molecular complexity index is 437. The van der Waals surface area contributed by atoms with Crippen LogP contribution in [-0.2, 0) is 9.59 Å². The van der Waals surface area contributed by atoms with Crippen LogP contribution in [0, 0.1) is 0 Å². The Morgan fingerprint density at radius 2 is 1.87 bits per heavy atom. The highest BCUT2D eigenvalue weighted by Crippen LogP contribution is 2.19. The van der Waals surface area contributed by atoms with Crippen molar-refractivity contribution < 1.29 is 9.59 Å². The maximum absolute atomic E-state index is 11.6. The summed E-state index contributed by atoms with van der Waals surface area (Å²) in [6, 6.07) is 8.92. The quantitative estimate of drug-likeness (QED) is 0.686. The first-order chi connectivity index (χ1) is 7.18. The van der Waals surface area contributed by atoms with E-state index in [0.717, 1.165) is 0 Å². The summed E-state index contributed by atoms with van der Waals surface area (Å²) in [5.74, 6) is -1.15. The van der Waals surface area contributed by atoms with Crippen LogP contribution in [0.25, 0.3) is 0 Å². The Morgan fingerprint density at radius 3 is 2.47 bits per heavy atom. The topological polar surface area (TPSA) is 58.5 Å². The fourth-order valence-corrected chi connectivity index (χ4v) is 1.56. The van der Waals surface area contributed by atoms with E-state index in [-0.39, 0.29) is 5.91 Å². The van der Waals surface area contributed by atoms with E-state index in [2.05, 4.69) is 10.3 Å². The summed E-state index contributed by atoms with van der Waals surface area (Å²) in [4.78, 5) is 26.9. The highest BCUT2D eigenvalue weighted by molar-refractivity contribution is 6.18. The van der Waals surface area contributed by atoms with Gasteiger partial charge < -0.3 is 5.32 Å². The number of rotatable bonds is 1. The molecule has 1 aromatic rings. The number of nitrogens with one attached hydrogen (secondary N) is 1. The van der Waals surface area contributed by atoms with E-state index < -0.39 is 11.8 Å². The smallest absolute Gasteiger partial charge is 0.264 e. The predicted octanol–water partition coefficient (Wildman–Crippen LogP) is 0.845. The minimum atomic E-state index is -0.796. The normalized spacial score (nSPS) is 20.9. The van der Waals surface area contributed by atoms with Crippen LogP contribution in [0.15, 0.2) is 35.3 Å². The lowest BCUT2D eigenvalue weighted by Gasteiger charge is -2.18. The molecule has 1 unspecified atom stereocenters. The van der Waals surface area contributed by atoms with Gasteiger partial charge in [-0.05, 0) is 12.5 Å². The van der Waals surface area contributed by atoms with Crippen molar-refractivity contribution in [2.75, 3.05) is 0 Å². The maximum atomic E-state index is 11.6. The lowest BCUT2D eigenvalue weighted by atomic mass is 9.96. The van der Waals surface area contributed by atoms with Crippen molar-refractivity contribution in [2.24, 2.45) is 4.99 Å². The number of carbonyl (C=O) groups is 2. The Morgan fingerprint density at radius 1 is 1.20 bits per heavy atom. The van der Waals surface area contributed by atoms with Crippen molar-refractivity contribution in [2.45, 2.75) is 12.8 Å². The summed E-state index contributed by atoms with van der Waals surface area (Å²) in [5, 5.41) is 2.55. The zero-order valence-corrected chi connectivity index (χ0v) is 8.23. The van der Waals surface area contributed by atoms with Crippen LogP contribution < -0.4 is 5.32 Å². The number of amidine groups is 1. The molecule has 0 bridgehead atoms. The summed E-state index contributed by atoms with van der Waals surface area (Å²) >= 11 is 0. The van der Waals surface area contributed by atoms with E-state index in [4.69, 9.17) is 0 Å². The van der Waals surface area contributed by atoms with Crippen molar-refractivity contribution in [1.82, 2.24) is 5.32 Å². The molecule has 1 heterocycles. The molecule has 4 heteroatoms. The molecule has 2 rings (SSSR count). The van der Waals surface area contributed by atoms with Gasteiger partial charge in [0.1, 0.15) is 11.8 Å². The third kappa shape index (κ3) is 1.79. The summed E-state index contributed by atoms with van der Waals surface area (Å²) in [5.41, 5.74) is 0.677. The number of amides is 2. The average molecular weight is 202 g/mol. The number of nitrogens with zero attached hydrogens (tertiary/aromatic N) is 1. The van der Waals surface area contributed by atoms with Crippen LogP contribution in [0.4, 0.5) is 0 Å². The second-order valence-electron chi connectivity index (χ2n) is 3.37. The second-order valence-corrected chi connectivity index (χ2v) is 3.37. The van der Waals surface area contributed by atoms with Crippen molar-refractivity contribution in [3.8, 4) is 0 Å². The van der Waals surface area contributed by atoms with Crippen molar-refractivity contribution in [1.29, 1.82) is 0 Å². The number of hydrogen-bond donors (Lipinski definition) is 1. The standard InChI is InChI=1S/C11H10N2O2/c1-7-12-10(14)9(11(15)13-7)8-5-3-2-4-6-8/h2-6,9H,1H3,(H,12,13,14,15). The van der Waals surface area contributed by atoms with E-state index in [0.29, 0.717) is 11.4 Å². The Balaban J connectivity index is 2.39. The number of hydrogen-bond acceptors (Lipinski definition) is 2. The lowest BCUT2D eigenvalue weighted by molar-refractivity contribution is -0.129. The minimum absolute atomic E-state index is 0.307. The van der Waals surface area contributed by atoms with Gasteiger partial charge in [0.15, 0.2) is 0 Å². The SMILES string of the molecule is CC1=NC(=O)C(c2ccccc2)C(=O)N1. The Labute approximate surface area is 87.0 Å². The molecule has 1 aromatic carbocycles. The number of aliphatic imine (C=N–C) groups is 1. The zero-order valence-electron chi connectivity index (χ0n) is 8.23. The van der Waals surface area contributed by atoms with Gasteiger partial charge in [0.2, 0.25) is 5.91 Å². The molecular weight excluding hydrogens is 192 g/mol. The Hall–Kier alpha value is -1.97. The molecule has 1 aliphatic rings. The van der Waals surface area contributed by atoms with Gasteiger partial charge in [-0.3, -0.25) is 9.59 Å². The third-order valence-corrected chi connectivity index (χ3v) is 2.22. The van der Waals surface area contributed by atoms with Gasteiger partial charge in [-0.15, -0.1) is 0 Å². The van der Waals surface area contributed by atoms with Gasteiger partial charge in [-0.2, -0.15) is 4.99 Å². The maximum Gasteiger partial charge on any atom is 0.264 e. The van der Waals surface area contributed by atoms with Gasteiger partial charge in [0, 0.05) is 0 Å². The largest absolute Gasteiger partial charge is 0.313 e. The van der Waals surface area contributed by atoms with Gasteiger partial charge in [-0.1, -0.05) is 30.3 Å². The van der Waals surface area contributed by atoms with Crippen LogP contribution in [0.3, 0.4) is 0 Å². The molecule has 0 fully saturated rings. The first-order valence-corrected chi connectivity index (χ1v) is 4.63. The van der Waals surface area contributed by atoms with Gasteiger partial charge in [0.05, 0.1) is 0 Å². The zero-order chi connectivity index (χ0) is 10.8. The summed E-state index contributed by atoms with van der Waals surface area (Å²) in [6.07, 6.45) is 0. The van der Waals surface area contributed by atoms with Crippen molar-refractivity contribution in [3.05, 3.63) is 35.9 Å². The number of benzene rings is 1. The molecule has 0 aromatic heterocycles. The average Bonchev–Trinajstić information content (AvgIpc) is 2.17. The predicted molar refractivity (Wildman–Crippen MR) is 55.4 cm³/mol. The van der Waals surface area contributed by atoms with Crippen LogP contribution >= 0.6 is 0 Å². The molecule has 0 radical (unpaired) electrons. The van der Waals surface area contributed by atoms with E-state index in [1.165, 1.54) is 0 Å². The van der Waals surface area contributed by atoms with Crippen molar-refractivity contribution in [3.63, 3.8) is 0 Å². The molecule has 0 aliphatic carbocycles. The van der Waals surface area contributed by atoms with Gasteiger partial charge in [0.25, 0.3) is 5.91 Å². The van der Waals surface area contributed by atoms with Gasteiger partial charge in [-0.25, -0.2) is 0 Å². The number of carbonyl (C=O) groups excluding carboxylic acids is 2. The Kier molecular flexibility index (Phi) is 2.33. The monoisotopic (exact) mass is 202 g/mol. The summed E-state index contributed by atoms with van der Waals surface area (Å²) in [6.45, 7) is 1.59. The van der Waals surface area contributed by atoms with Crippen LogP contribution in [-0.4, -0.2) is 17.6 Å². The molecular formula is C11H10N2O2. The lowest BCUT2D eigenvalue weighted by Crippen LogP contribution is -2.41.